The van der Waals surface area contributed by atoms with E-state index in [-0.39, 0.29) is 0 Å². The minimum Gasteiger partial charge on any atom is -0.376 e. The fraction of sp³-hybridized carbons (Fsp3) is 0.714. The van der Waals surface area contributed by atoms with Crippen LogP contribution >= 0.6 is 23.5 Å². The third kappa shape index (κ3) is 8.82. The molecule has 1 aliphatic rings. The molecule has 1 aliphatic heterocycles. The number of ether oxygens (including phenoxy) is 1. The van der Waals surface area contributed by atoms with Crippen LogP contribution in [0.2, 0.25) is 0 Å². The predicted octanol–water partition coefficient (Wildman–Crippen LogP) is 6.77. The fourth-order valence-corrected chi connectivity index (χ4v) is 6.11. The molecule has 0 radical (unpaired) electrons. The summed E-state index contributed by atoms with van der Waals surface area (Å²) >= 11 is 4.34. The van der Waals surface area contributed by atoms with Crippen molar-refractivity contribution in [1.29, 1.82) is 0 Å². The van der Waals surface area contributed by atoms with E-state index in [4.69, 9.17) is 4.74 Å². The van der Waals surface area contributed by atoms with E-state index in [1.807, 2.05) is 0 Å². The molecule has 1 aromatic rings. The number of hydrogen-bond acceptors (Lipinski definition) is 3. The molecule has 0 spiro atoms. The van der Waals surface area contributed by atoms with Crippen LogP contribution in [0.3, 0.4) is 0 Å². The van der Waals surface area contributed by atoms with Crippen LogP contribution in [-0.2, 0) is 11.3 Å². The van der Waals surface area contributed by atoms with Crippen LogP contribution in [0.4, 0.5) is 0 Å². The smallest absolute Gasteiger partial charge is 0.0717 e. The van der Waals surface area contributed by atoms with Crippen molar-refractivity contribution in [3.63, 3.8) is 0 Å². The largest absolute Gasteiger partial charge is 0.376 e. The van der Waals surface area contributed by atoms with Crippen LogP contribution in [0, 0.1) is 5.92 Å². The molecule has 24 heavy (non-hydrogen) atoms. The molecule has 0 amide bonds. The first-order chi connectivity index (χ1) is 11.9. The topological polar surface area (TPSA) is 9.23 Å². The molecular formula is C21H34OS2. The Morgan fingerprint density at radius 1 is 0.917 bits per heavy atom. The van der Waals surface area contributed by atoms with Crippen molar-refractivity contribution < 1.29 is 4.74 Å². The summed E-state index contributed by atoms with van der Waals surface area (Å²) in [5, 5.41) is 0. The Labute approximate surface area is 157 Å². The average molecular weight is 367 g/mol. The summed E-state index contributed by atoms with van der Waals surface area (Å²) in [7, 11) is 0. The van der Waals surface area contributed by atoms with Crippen molar-refractivity contribution in [2.24, 2.45) is 5.92 Å². The molecule has 1 aromatic carbocycles. The standard InChI is InChI=1S/C21H34OS2/c1-2-3-4-5-6-7-11-14-21-23-17-20(18-24-21)16-22-15-19-12-9-8-10-13-19/h8-10,12-13,20-21H,2-7,11,14-18H2,1H3. The Hall–Kier alpha value is -0.120. The van der Waals surface area contributed by atoms with E-state index in [1.165, 1.54) is 68.4 Å². The minimum absolute atomic E-state index is 0.731. The molecule has 136 valence electrons. The molecule has 2 rings (SSSR count). The minimum atomic E-state index is 0.731. The van der Waals surface area contributed by atoms with E-state index in [0.717, 1.165) is 23.7 Å². The molecule has 0 bridgehead atoms. The van der Waals surface area contributed by atoms with Crippen LogP contribution in [0.5, 0.6) is 0 Å². The molecule has 1 heterocycles. The van der Waals surface area contributed by atoms with Crippen LogP contribution < -0.4 is 0 Å². The summed E-state index contributed by atoms with van der Waals surface area (Å²) < 4.78 is 6.75. The van der Waals surface area contributed by atoms with Gasteiger partial charge in [0.2, 0.25) is 0 Å². The number of benzene rings is 1. The lowest BCUT2D eigenvalue weighted by atomic mass is 10.1. The van der Waals surface area contributed by atoms with Gasteiger partial charge in [-0.1, -0.05) is 82.2 Å². The van der Waals surface area contributed by atoms with Gasteiger partial charge in [0.05, 0.1) is 17.8 Å². The van der Waals surface area contributed by atoms with Gasteiger partial charge in [0, 0.05) is 17.4 Å². The van der Waals surface area contributed by atoms with E-state index < -0.39 is 0 Å². The number of hydrogen-bond donors (Lipinski definition) is 0. The average Bonchev–Trinajstić information content (AvgIpc) is 2.63. The van der Waals surface area contributed by atoms with Gasteiger partial charge in [-0.3, -0.25) is 0 Å². The van der Waals surface area contributed by atoms with Gasteiger partial charge in [0.15, 0.2) is 0 Å². The summed E-state index contributed by atoms with van der Waals surface area (Å²) in [6, 6.07) is 10.5. The highest BCUT2D eigenvalue weighted by Crippen LogP contribution is 2.37. The van der Waals surface area contributed by atoms with Gasteiger partial charge in [-0.15, -0.1) is 23.5 Å². The Balaban J connectivity index is 1.45. The Morgan fingerprint density at radius 3 is 2.29 bits per heavy atom. The fourth-order valence-electron chi connectivity index (χ4n) is 3.03. The highest BCUT2D eigenvalue weighted by molar-refractivity contribution is 8.17. The van der Waals surface area contributed by atoms with Crippen molar-refractivity contribution in [2.45, 2.75) is 69.5 Å². The van der Waals surface area contributed by atoms with Crippen molar-refractivity contribution in [3.05, 3.63) is 35.9 Å². The molecule has 0 saturated carbocycles. The van der Waals surface area contributed by atoms with Crippen LogP contribution in [-0.4, -0.2) is 22.7 Å². The van der Waals surface area contributed by atoms with E-state index in [1.54, 1.807) is 0 Å². The zero-order valence-corrected chi connectivity index (χ0v) is 16.9. The Morgan fingerprint density at radius 2 is 1.58 bits per heavy atom. The van der Waals surface area contributed by atoms with E-state index >= 15 is 0 Å². The highest BCUT2D eigenvalue weighted by Gasteiger charge is 2.21. The van der Waals surface area contributed by atoms with Crippen molar-refractivity contribution in [2.75, 3.05) is 18.1 Å². The maximum absolute atomic E-state index is 5.91. The summed E-state index contributed by atoms with van der Waals surface area (Å²) in [5.74, 6) is 3.29. The van der Waals surface area contributed by atoms with Gasteiger partial charge in [0.25, 0.3) is 0 Å². The van der Waals surface area contributed by atoms with Gasteiger partial charge in [-0.25, -0.2) is 0 Å². The highest BCUT2D eigenvalue weighted by atomic mass is 32.2. The van der Waals surface area contributed by atoms with Crippen molar-refractivity contribution >= 4 is 23.5 Å². The monoisotopic (exact) mass is 366 g/mol. The van der Waals surface area contributed by atoms with Crippen LogP contribution in [0.1, 0.15) is 63.9 Å². The summed E-state index contributed by atoms with van der Waals surface area (Å²) in [4.78, 5) is 0. The van der Waals surface area contributed by atoms with Crippen LogP contribution in [0.15, 0.2) is 30.3 Å². The molecule has 0 unspecified atom stereocenters. The summed E-state index contributed by atoms with van der Waals surface area (Å²) in [6.07, 6.45) is 11.4. The molecule has 0 aliphatic carbocycles. The van der Waals surface area contributed by atoms with Crippen molar-refractivity contribution in [1.82, 2.24) is 0 Å². The lowest BCUT2D eigenvalue weighted by Gasteiger charge is -2.27. The Kier molecular flexibility index (Phi) is 11.1. The molecule has 0 aromatic heterocycles. The summed E-state index contributed by atoms with van der Waals surface area (Å²) in [6.45, 7) is 3.96. The summed E-state index contributed by atoms with van der Waals surface area (Å²) in [5.41, 5.74) is 1.28. The van der Waals surface area contributed by atoms with E-state index in [0.29, 0.717) is 0 Å². The quantitative estimate of drug-likeness (QED) is 0.378. The van der Waals surface area contributed by atoms with Gasteiger partial charge in [-0.2, -0.15) is 0 Å². The normalized spacial score (nSPS) is 21.0. The molecule has 1 saturated heterocycles. The van der Waals surface area contributed by atoms with E-state index in [9.17, 15) is 0 Å². The van der Waals surface area contributed by atoms with E-state index in [2.05, 4.69) is 60.8 Å². The maximum atomic E-state index is 5.91. The van der Waals surface area contributed by atoms with Gasteiger partial charge < -0.3 is 4.74 Å². The SMILES string of the molecule is CCCCCCCCCC1SCC(COCc2ccccc2)CS1. The predicted molar refractivity (Wildman–Crippen MR) is 111 cm³/mol. The third-order valence-corrected chi connectivity index (χ3v) is 7.90. The molecule has 1 fully saturated rings. The number of thioether (sulfide) groups is 2. The third-order valence-electron chi connectivity index (χ3n) is 4.54. The van der Waals surface area contributed by atoms with Gasteiger partial charge >= 0.3 is 0 Å². The Bertz CT molecular complexity index is 402. The molecule has 0 N–H and O–H groups in total. The first-order valence-electron chi connectivity index (χ1n) is 9.73. The molecular weight excluding hydrogens is 332 g/mol. The van der Waals surface area contributed by atoms with Gasteiger partial charge in [-0.05, 0) is 12.0 Å². The second kappa shape index (κ2) is 13.1. The van der Waals surface area contributed by atoms with Crippen molar-refractivity contribution in [3.8, 4) is 0 Å². The second-order valence-electron chi connectivity index (χ2n) is 6.87. The molecule has 3 heteroatoms. The maximum Gasteiger partial charge on any atom is 0.0717 e. The second-order valence-corrected chi connectivity index (χ2v) is 9.64. The lowest BCUT2D eigenvalue weighted by molar-refractivity contribution is 0.0992. The zero-order valence-electron chi connectivity index (χ0n) is 15.3. The number of rotatable bonds is 12. The lowest BCUT2D eigenvalue weighted by Crippen LogP contribution is -2.22. The molecule has 0 atom stereocenters. The zero-order chi connectivity index (χ0) is 16.9. The number of unbranched alkanes of at least 4 members (excludes halogenated alkanes) is 6. The first kappa shape index (κ1) is 20.2. The molecule has 1 nitrogen and oxygen atoms in total. The first-order valence-corrected chi connectivity index (χ1v) is 11.8. The van der Waals surface area contributed by atoms with Gasteiger partial charge in [0.1, 0.15) is 0 Å². The van der Waals surface area contributed by atoms with Crippen LogP contribution in [0.25, 0.3) is 0 Å².